The molecule has 2 amide bonds. The van der Waals surface area contributed by atoms with E-state index in [0.717, 1.165) is 4.90 Å². The van der Waals surface area contributed by atoms with E-state index in [4.69, 9.17) is 5.11 Å². The molecule has 0 heterocycles. The topological polar surface area (TPSA) is 74.7 Å². The standard InChI is InChI=1S/C9H15NO4S/c1-6(11)10(7(2)12)8(9(13)14)4-5-15-3/h8H,4-5H2,1-3H3,(H,13,14)/t8-/m0/s1. The van der Waals surface area contributed by atoms with Crippen LogP contribution in [0.1, 0.15) is 20.3 Å². The molecule has 0 saturated heterocycles. The van der Waals surface area contributed by atoms with Gasteiger partial charge in [0.25, 0.3) is 0 Å². The molecule has 0 unspecified atom stereocenters. The van der Waals surface area contributed by atoms with E-state index >= 15 is 0 Å². The van der Waals surface area contributed by atoms with Crippen molar-refractivity contribution >= 4 is 29.5 Å². The van der Waals surface area contributed by atoms with E-state index in [1.807, 2.05) is 6.26 Å². The van der Waals surface area contributed by atoms with Crippen molar-refractivity contribution in [1.29, 1.82) is 0 Å². The first-order valence-corrected chi connectivity index (χ1v) is 5.83. The molecule has 0 spiro atoms. The van der Waals surface area contributed by atoms with Crippen LogP contribution in [0.15, 0.2) is 0 Å². The second-order valence-electron chi connectivity index (χ2n) is 3.04. The van der Waals surface area contributed by atoms with Gasteiger partial charge < -0.3 is 5.11 Å². The Labute approximate surface area is 92.8 Å². The summed E-state index contributed by atoms with van der Waals surface area (Å²) < 4.78 is 0. The second kappa shape index (κ2) is 6.44. The summed E-state index contributed by atoms with van der Waals surface area (Å²) in [6.45, 7) is 2.38. The van der Waals surface area contributed by atoms with Crippen LogP contribution < -0.4 is 0 Å². The highest BCUT2D eigenvalue weighted by Gasteiger charge is 2.30. The van der Waals surface area contributed by atoms with Gasteiger partial charge >= 0.3 is 5.97 Å². The Hall–Kier alpha value is -1.04. The SMILES string of the molecule is CSCC[C@@H](C(=O)O)N(C(C)=O)C(C)=O. The van der Waals surface area contributed by atoms with E-state index < -0.39 is 23.8 Å². The highest BCUT2D eigenvalue weighted by Crippen LogP contribution is 2.09. The molecule has 86 valence electrons. The highest BCUT2D eigenvalue weighted by atomic mass is 32.2. The highest BCUT2D eigenvalue weighted by molar-refractivity contribution is 7.98. The van der Waals surface area contributed by atoms with Crippen molar-refractivity contribution in [1.82, 2.24) is 4.90 Å². The number of carboxylic acid groups (broad SMARTS) is 1. The largest absolute Gasteiger partial charge is 0.480 e. The molecule has 0 aromatic carbocycles. The summed E-state index contributed by atoms with van der Waals surface area (Å²) in [5.41, 5.74) is 0. The third-order valence-corrected chi connectivity index (χ3v) is 2.51. The molecule has 0 aliphatic carbocycles. The third kappa shape index (κ3) is 4.33. The molecule has 0 aliphatic rings. The van der Waals surface area contributed by atoms with Gasteiger partial charge in [0.15, 0.2) is 0 Å². The monoisotopic (exact) mass is 233 g/mol. The van der Waals surface area contributed by atoms with Gasteiger partial charge in [-0.25, -0.2) is 4.79 Å². The summed E-state index contributed by atoms with van der Waals surface area (Å²) in [4.78, 5) is 33.9. The Morgan fingerprint density at radius 1 is 1.27 bits per heavy atom. The summed E-state index contributed by atoms with van der Waals surface area (Å²) in [5, 5.41) is 8.91. The van der Waals surface area contributed by atoms with Gasteiger partial charge in [-0.05, 0) is 18.4 Å². The van der Waals surface area contributed by atoms with Crippen molar-refractivity contribution < 1.29 is 19.5 Å². The first kappa shape index (κ1) is 14.0. The summed E-state index contributed by atoms with van der Waals surface area (Å²) in [7, 11) is 0. The Bertz CT molecular complexity index is 253. The van der Waals surface area contributed by atoms with E-state index in [1.165, 1.54) is 25.6 Å². The Kier molecular flexibility index (Phi) is 6.00. The lowest BCUT2D eigenvalue weighted by atomic mass is 10.2. The number of carbonyl (C=O) groups is 3. The number of hydrogen-bond donors (Lipinski definition) is 1. The summed E-state index contributed by atoms with van der Waals surface area (Å²) in [5.74, 6) is -1.62. The number of carbonyl (C=O) groups excluding carboxylic acids is 2. The van der Waals surface area contributed by atoms with Gasteiger partial charge in [-0.1, -0.05) is 0 Å². The molecule has 0 aromatic rings. The van der Waals surface area contributed by atoms with Gasteiger partial charge in [-0.2, -0.15) is 11.8 Å². The molecule has 1 N–H and O–H groups in total. The molecule has 0 aromatic heterocycles. The molecular weight excluding hydrogens is 218 g/mol. The number of amides is 2. The number of carboxylic acids is 1. The molecule has 5 nitrogen and oxygen atoms in total. The Balaban J connectivity index is 4.76. The second-order valence-corrected chi connectivity index (χ2v) is 4.03. The molecule has 0 radical (unpaired) electrons. The smallest absolute Gasteiger partial charge is 0.326 e. The van der Waals surface area contributed by atoms with E-state index in [9.17, 15) is 14.4 Å². The van der Waals surface area contributed by atoms with E-state index in [2.05, 4.69) is 0 Å². The molecule has 15 heavy (non-hydrogen) atoms. The van der Waals surface area contributed by atoms with Crippen molar-refractivity contribution in [2.75, 3.05) is 12.0 Å². The maximum atomic E-state index is 11.1. The van der Waals surface area contributed by atoms with E-state index in [-0.39, 0.29) is 6.42 Å². The van der Waals surface area contributed by atoms with Crippen molar-refractivity contribution in [2.45, 2.75) is 26.3 Å². The number of hydrogen-bond acceptors (Lipinski definition) is 4. The molecule has 0 saturated carbocycles. The fraction of sp³-hybridized carbons (Fsp3) is 0.667. The van der Waals surface area contributed by atoms with Gasteiger partial charge in [-0.3, -0.25) is 14.5 Å². The Morgan fingerprint density at radius 3 is 2.00 bits per heavy atom. The number of rotatable bonds is 5. The van der Waals surface area contributed by atoms with Crippen LogP contribution in [0.2, 0.25) is 0 Å². The lowest BCUT2D eigenvalue weighted by Gasteiger charge is -2.24. The van der Waals surface area contributed by atoms with Gasteiger partial charge in [0.05, 0.1) is 0 Å². The number of aliphatic carboxylic acids is 1. The molecule has 0 fully saturated rings. The average Bonchev–Trinajstić information content (AvgIpc) is 2.09. The summed E-state index contributed by atoms with van der Waals surface area (Å²) in [6.07, 6.45) is 2.11. The van der Waals surface area contributed by atoms with E-state index in [0.29, 0.717) is 5.75 Å². The predicted molar refractivity (Wildman–Crippen MR) is 57.6 cm³/mol. The van der Waals surface area contributed by atoms with Gasteiger partial charge in [0.2, 0.25) is 11.8 Å². The maximum Gasteiger partial charge on any atom is 0.326 e. The predicted octanol–water partition coefficient (Wildman–Crippen LogP) is 0.588. The van der Waals surface area contributed by atoms with Crippen LogP contribution in [0, 0.1) is 0 Å². The minimum Gasteiger partial charge on any atom is -0.480 e. The molecule has 0 rings (SSSR count). The zero-order valence-corrected chi connectivity index (χ0v) is 9.84. The van der Waals surface area contributed by atoms with Gasteiger partial charge in [-0.15, -0.1) is 0 Å². The zero-order chi connectivity index (χ0) is 12.0. The zero-order valence-electron chi connectivity index (χ0n) is 9.02. The maximum absolute atomic E-state index is 11.1. The summed E-state index contributed by atoms with van der Waals surface area (Å²) in [6, 6.07) is -1.05. The van der Waals surface area contributed by atoms with Crippen molar-refractivity contribution in [3.8, 4) is 0 Å². The normalized spacial score (nSPS) is 11.9. The molecular formula is C9H15NO4S. The Morgan fingerprint density at radius 2 is 1.73 bits per heavy atom. The minimum atomic E-state index is -1.14. The third-order valence-electron chi connectivity index (χ3n) is 1.87. The lowest BCUT2D eigenvalue weighted by Crippen LogP contribution is -2.47. The van der Waals surface area contributed by atoms with Crippen LogP contribution >= 0.6 is 11.8 Å². The fourth-order valence-corrected chi connectivity index (χ4v) is 1.71. The first-order valence-electron chi connectivity index (χ1n) is 4.44. The summed E-state index contributed by atoms with van der Waals surface area (Å²) >= 11 is 1.48. The quantitative estimate of drug-likeness (QED) is 0.752. The van der Waals surface area contributed by atoms with Gasteiger partial charge in [0.1, 0.15) is 6.04 Å². The van der Waals surface area contributed by atoms with Crippen LogP contribution in [0.5, 0.6) is 0 Å². The van der Waals surface area contributed by atoms with Crippen LogP contribution in [0.25, 0.3) is 0 Å². The molecule has 0 aliphatic heterocycles. The molecule has 6 heteroatoms. The fourth-order valence-electron chi connectivity index (χ4n) is 1.25. The van der Waals surface area contributed by atoms with Gasteiger partial charge in [0, 0.05) is 13.8 Å². The van der Waals surface area contributed by atoms with Crippen LogP contribution in [0.4, 0.5) is 0 Å². The average molecular weight is 233 g/mol. The number of nitrogens with zero attached hydrogens (tertiary/aromatic N) is 1. The van der Waals surface area contributed by atoms with Crippen LogP contribution in [0.3, 0.4) is 0 Å². The van der Waals surface area contributed by atoms with Crippen molar-refractivity contribution in [3.05, 3.63) is 0 Å². The minimum absolute atomic E-state index is 0.273. The molecule has 0 bridgehead atoms. The number of thioether (sulfide) groups is 1. The van der Waals surface area contributed by atoms with Crippen molar-refractivity contribution in [2.24, 2.45) is 0 Å². The first-order chi connectivity index (χ1) is 6.91. The van der Waals surface area contributed by atoms with Crippen LogP contribution in [-0.4, -0.2) is 45.8 Å². The van der Waals surface area contributed by atoms with E-state index in [1.54, 1.807) is 0 Å². The van der Waals surface area contributed by atoms with Crippen molar-refractivity contribution in [3.63, 3.8) is 0 Å². The number of imide groups is 1. The molecule has 1 atom stereocenters. The lowest BCUT2D eigenvalue weighted by molar-refractivity contribution is -0.156. The van der Waals surface area contributed by atoms with Crippen LogP contribution in [-0.2, 0) is 14.4 Å².